The van der Waals surface area contributed by atoms with Crippen molar-refractivity contribution in [2.45, 2.75) is 25.8 Å². The molecule has 3 nitrogen and oxygen atoms in total. The van der Waals surface area contributed by atoms with Crippen LogP contribution in [0.15, 0.2) is 24.3 Å². The van der Waals surface area contributed by atoms with E-state index in [-0.39, 0.29) is 11.8 Å². The normalized spacial score (nSPS) is 16.2. The lowest BCUT2D eigenvalue weighted by atomic mass is 10.1. The molecule has 82 valence electrons. The minimum absolute atomic E-state index is 0.00630. The molecule has 0 aliphatic heterocycles. The van der Waals surface area contributed by atoms with Crippen LogP contribution in [0.3, 0.4) is 0 Å². The highest BCUT2D eigenvalue weighted by molar-refractivity contribution is 5.80. The van der Waals surface area contributed by atoms with Crippen molar-refractivity contribution >= 4 is 5.91 Å². The number of nitrogens with one attached hydrogen (secondary N) is 1. The molecule has 0 saturated heterocycles. The molecule has 2 rings (SSSR count). The van der Waals surface area contributed by atoms with E-state index in [1.54, 1.807) is 6.92 Å². The van der Waals surface area contributed by atoms with Crippen LogP contribution >= 0.6 is 0 Å². The number of rotatable bonds is 2. The quantitative estimate of drug-likeness (QED) is 0.809. The summed E-state index contributed by atoms with van der Waals surface area (Å²) in [5.74, 6) is -0.0153. The summed E-state index contributed by atoms with van der Waals surface area (Å²) >= 11 is 0. The number of nitrogens with zero attached hydrogens (tertiary/aromatic N) is 1. The molecule has 0 aromatic heterocycles. The molecule has 1 unspecified atom stereocenters. The van der Waals surface area contributed by atoms with Gasteiger partial charge in [-0.25, -0.2) is 0 Å². The number of benzene rings is 1. The number of amides is 1. The highest BCUT2D eigenvalue weighted by atomic mass is 16.1. The minimum Gasteiger partial charge on any atom is -0.340 e. The molecule has 1 aliphatic carbocycles. The number of hydrogen-bond acceptors (Lipinski definition) is 2. The third-order valence-corrected chi connectivity index (χ3v) is 2.97. The summed E-state index contributed by atoms with van der Waals surface area (Å²) in [5, 5.41) is 11.3. The maximum absolute atomic E-state index is 11.8. The molecule has 0 spiro atoms. The molecule has 1 aromatic carbocycles. The number of nitriles is 1. The molecular formula is C13H14N2O. The Morgan fingerprint density at radius 1 is 1.44 bits per heavy atom. The van der Waals surface area contributed by atoms with E-state index in [1.165, 1.54) is 11.1 Å². The predicted octanol–water partition coefficient (Wildman–Crippen LogP) is 1.43. The third kappa shape index (κ3) is 2.06. The van der Waals surface area contributed by atoms with Crippen molar-refractivity contribution in [3.63, 3.8) is 0 Å². The van der Waals surface area contributed by atoms with Gasteiger partial charge in [-0.3, -0.25) is 4.79 Å². The fourth-order valence-corrected chi connectivity index (χ4v) is 2.11. The first-order valence-corrected chi connectivity index (χ1v) is 5.47. The van der Waals surface area contributed by atoms with Crippen LogP contribution in [0, 0.1) is 17.2 Å². The van der Waals surface area contributed by atoms with Crippen molar-refractivity contribution < 1.29 is 4.79 Å². The minimum atomic E-state index is -0.406. The van der Waals surface area contributed by atoms with Gasteiger partial charge in [0.1, 0.15) is 6.04 Å². The number of fused-ring (bicyclic) bond motifs is 1. The molecule has 0 radical (unpaired) electrons. The van der Waals surface area contributed by atoms with Gasteiger partial charge in [0.05, 0.1) is 6.07 Å². The lowest BCUT2D eigenvalue weighted by Crippen LogP contribution is -2.36. The van der Waals surface area contributed by atoms with Crippen LogP contribution in [-0.4, -0.2) is 11.9 Å². The molecule has 1 N–H and O–H groups in total. The van der Waals surface area contributed by atoms with Crippen molar-refractivity contribution in [2.24, 2.45) is 5.92 Å². The van der Waals surface area contributed by atoms with Gasteiger partial charge in [-0.2, -0.15) is 5.26 Å². The van der Waals surface area contributed by atoms with E-state index < -0.39 is 6.04 Å². The molecule has 0 heterocycles. The summed E-state index contributed by atoms with van der Waals surface area (Å²) < 4.78 is 0. The summed E-state index contributed by atoms with van der Waals surface area (Å²) in [6.45, 7) is 1.69. The van der Waals surface area contributed by atoms with Gasteiger partial charge >= 0.3 is 0 Å². The van der Waals surface area contributed by atoms with Gasteiger partial charge in [0, 0.05) is 5.92 Å². The average molecular weight is 214 g/mol. The van der Waals surface area contributed by atoms with E-state index in [0.29, 0.717) is 0 Å². The van der Waals surface area contributed by atoms with Gasteiger partial charge in [0.15, 0.2) is 0 Å². The molecule has 16 heavy (non-hydrogen) atoms. The van der Waals surface area contributed by atoms with Crippen LogP contribution in [0.5, 0.6) is 0 Å². The van der Waals surface area contributed by atoms with E-state index in [2.05, 4.69) is 17.4 Å². The average Bonchev–Trinajstić information content (AvgIpc) is 2.72. The van der Waals surface area contributed by atoms with E-state index in [4.69, 9.17) is 5.26 Å². The van der Waals surface area contributed by atoms with E-state index in [1.807, 2.05) is 18.2 Å². The van der Waals surface area contributed by atoms with Gasteiger partial charge < -0.3 is 5.32 Å². The Kier molecular flexibility index (Phi) is 2.91. The Morgan fingerprint density at radius 2 is 2.00 bits per heavy atom. The molecule has 3 heteroatoms. The van der Waals surface area contributed by atoms with Crippen LogP contribution in [0.1, 0.15) is 18.1 Å². The smallest absolute Gasteiger partial charge is 0.224 e. The largest absolute Gasteiger partial charge is 0.340 e. The van der Waals surface area contributed by atoms with E-state index >= 15 is 0 Å². The summed E-state index contributed by atoms with van der Waals surface area (Å²) in [5.41, 5.74) is 2.51. The number of hydrogen-bond donors (Lipinski definition) is 1. The van der Waals surface area contributed by atoms with E-state index in [9.17, 15) is 4.79 Å². The number of carbonyl (C=O) groups is 1. The first-order chi connectivity index (χ1) is 7.70. The first-order valence-electron chi connectivity index (χ1n) is 5.47. The molecule has 1 aromatic rings. The fraction of sp³-hybridized carbons (Fsp3) is 0.385. The van der Waals surface area contributed by atoms with Crippen molar-refractivity contribution in [1.29, 1.82) is 5.26 Å². The highest BCUT2D eigenvalue weighted by Gasteiger charge is 2.27. The Balaban J connectivity index is 2.01. The Bertz CT molecular complexity index is 422. The third-order valence-electron chi connectivity index (χ3n) is 2.97. The van der Waals surface area contributed by atoms with Gasteiger partial charge in [-0.1, -0.05) is 24.3 Å². The summed E-state index contributed by atoms with van der Waals surface area (Å²) in [6.07, 6.45) is 1.58. The predicted molar refractivity (Wildman–Crippen MR) is 60.6 cm³/mol. The number of carbonyl (C=O) groups excluding carboxylic acids is 1. The molecule has 0 fully saturated rings. The van der Waals surface area contributed by atoms with Crippen molar-refractivity contribution in [2.75, 3.05) is 0 Å². The maximum Gasteiger partial charge on any atom is 0.224 e. The molecule has 0 saturated carbocycles. The SMILES string of the molecule is CC(C#N)NC(=O)C1Cc2ccccc2C1. The molecule has 1 amide bonds. The molecule has 1 aliphatic rings. The van der Waals surface area contributed by atoms with Crippen molar-refractivity contribution in [3.05, 3.63) is 35.4 Å². The van der Waals surface area contributed by atoms with Crippen LogP contribution in [-0.2, 0) is 17.6 Å². The van der Waals surface area contributed by atoms with Crippen LogP contribution < -0.4 is 5.32 Å². The Hall–Kier alpha value is -1.82. The van der Waals surface area contributed by atoms with Crippen LogP contribution in [0.2, 0.25) is 0 Å². The molecule has 0 bridgehead atoms. The van der Waals surface area contributed by atoms with Gasteiger partial charge in [-0.15, -0.1) is 0 Å². The summed E-state index contributed by atoms with van der Waals surface area (Å²) in [7, 11) is 0. The lowest BCUT2D eigenvalue weighted by Gasteiger charge is -2.11. The van der Waals surface area contributed by atoms with Crippen LogP contribution in [0.25, 0.3) is 0 Å². The lowest BCUT2D eigenvalue weighted by molar-refractivity contribution is -0.125. The Labute approximate surface area is 95.1 Å². The standard InChI is InChI=1S/C13H14N2O/c1-9(8-14)15-13(16)12-6-10-4-2-3-5-11(10)7-12/h2-5,9,12H,6-7H2,1H3,(H,15,16). The second-order valence-electron chi connectivity index (χ2n) is 4.23. The highest BCUT2D eigenvalue weighted by Crippen LogP contribution is 2.26. The van der Waals surface area contributed by atoms with Gasteiger partial charge in [0.2, 0.25) is 5.91 Å². The zero-order chi connectivity index (χ0) is 11.5. The maximum atomic E-state index is 11.8. The summed E-state index contributed by atoms with van der Waals surface area (Å²) in [4.78, 5) is 11.8. The van der Waals surface area contributed by atoms with Crippen molar-refractivity contribution in [3.8, 4) is 6.07 Å². The van der Waals surface area contributed by atoms with Crippen molar-refractivity contribution in [1.82, 2.24) is 5.32 Å². The second kappa shape index (κ2) is 4.36. The monoisotopic (exact) mass is 214 g/mol. The van der Waals surface area contributed by atoms with Crippen LogP contribution in [0.4, 0.5) is 0 Å². The second-order valence-corrected chi connectivity index (χ2v) is 4.23. The summed E-state index contributed by atoms with van der Waals surface area (Å²) in [6, 6.07) is 9.73. The molecule has 1 atom stereocenters. The van der Waals surface area contributed by atoms with E-state index in [0.717, 1.165) is 12.8 Å². The molecular weight excluding hydrogens is 200 g/mol. The zero-order valence-electron chi connectivity index (χ0n) is 9.23. The Morgan fingerprint density at radius 3 is 2.50 bits per heavy atom. The van der Waals surface area contributed by atoms with Gasteiger partial charge in [-0.05, 0) is 30.9 Å². The zero-order valence-corrected chi connectivity index (χ0v) is 9.23. The first kappa shape index (κ1) is 10.7. The van der Waals surface area contributed by atoms with Gasteiger partial charge in [0.25, 0.3) is 0 Å². The topological polar surface area (TPSA) is 52.9 Å². The fourth-order valence-electron chi connectivity index (χ4n) is 2.11.